The van der Waals surface area contributed by atoms with Crippen molar-refractivity contribution in [3.05, 3.63) is 182 Å². The number of para-hydroxylation sites is 3. The SMILES string of the molecule is c1ccc(-c2nc(-c3ccc4c(c3)oc3cc(-n5c6ccccc6c6cc7ccccc7cc65)c5ccccc5c34)nc(-c3cccc4c3oc3ccccc34)n2)cc1. The number of hydrogen-bond acceptors (Lipinski definition) is 5. The highest BCUT2D eigenvalue weighted by Crippen LogP contribution is 2.43. The molecule has 0 saturated carbocycles. The molecule has 6 heteroatoms. The lowest BCUT2D eigenvalue weighted by Crippen LogP contribution is -2.00. The summed E-state index contributed by atoms with van der Waals surface area (Å²) in [5.41, 5.74) is 9.06. The second-order valence-corrected chi connectivity index (χ2v) is 15.1. The fourth-order valence-electron chi connectivity index (χ4n) is 9.13. The van der Waals surface area contributed by atoms with Gasteiger partial charge in [0.1, 0.15) is 22.3 Å². The topological polar surface area (TPSA) is 69.9 Å². The van der Waals surface area contributed by atoms with Crippen molar-refractivity contribution in [3.63, 3.8) is 0 Å². The average Bonchev–Trinajstić information content (AvgIpc) is 3.97. The predicted molar refractivity (Wildman–Crippen MR) is 240 cm³/mol. The van der Waals surface area contributed by atoms with Gasteiger partial charge in [-0.3, -0.25) is 0 Å². The van der Waals surface area contributed by atoms with Crippen LogP contribution in [-0.4, -0.2) is 19.5 Å². The zero-order valence-electron chi connectivity index (χ0n) is 31.4. The first-order chi connectivity index (χ1) is 29.2. The fourth-order valence-corrected chi connectivity index (χ4v) is 9.13. The van der Waals surface area contributed by atoms with E-state index in [0.29, 0.717) is 17.5 Å². The summed E-state index contributed by atoms with van der Waals surface area (Å²) in [7, 11) is 0. The van der Waals surface area contributed by atoms with E-state index in [1.807, 2.05) is 60.7 Å². The molecule has 0 aliphatic heterocycles. The third kappa shape index (κ3) is 4.77. The molecule has 0 N–H and O–H groups in total. The van der Waals surface area contributed by atoms with Gasteiger partial charge >= 0.3 is 0 Å². The second kappa shape index (κ2) is 12.2. The van der Waals surface area contributed by atoms with Crippen molar-refractivity contribution in [2.24, 2.45) is 0 Å². The van der Waals surface area contributed by atoms with Crippen LogP contribution in [0.1, 0.15) is 0 Å². The number of benzene rings is 9. The quantitative estimate of drug-likeness (QED) is 0.179. The number of rotatable bonds is 4. The van der Waals surface area contributed by atoms with Gasteiger partial charge in [0.2, 0.25) is 0 Å². The third-order valence-electron chi connectivity index (χ3n) is 11.8. The number of fused-ring (bicyclic) bond motifs is 12. The zero-order valence-corrected chi connectivity index (χ0v) is 31.4. The molecule has 13 aromatic rings. The first-order valence-corrected chi connectivity index (χ1v) is 19.8. The van der Waals surface area contributed by atoms with Crippen LogP contribution in [0.3, 0.4) is 0 Å². The van der Waals surface area contributed by atoms with E-state index in [-0.39, 0.29) is 0 Å². The Labute approximate surface area is 336 Å². The molecule has 0 spiro atoms. The molecule has 0 amide bonds. The first-order valence-electron chi connectivity index (χ1n) is 19.8. The van der Waals surface area contributed by atoms with E-state index in [9.17, 15) is 0 Å². The van der Waals surface area contributed by atoms with E-state index in [1.165, 1.54) is 21.5 Å². The molecule has 0 fully saturated rings. The fraction of sp³-hybridized carbons (Fsp3) is 0. The van der Waals surface area contributed by atoms with Crippen molar-refractivity contribution >= 4 is 87.2 Å². The molecule has 9 aromatic carbocycles. The van der Waals surface area contributed by atoms with Crippen LogP contribution in [-0.2, 0) is 0 Å². The molecule has 0 radical (unpaired) electrons. The minimum atomic E-state index is 0.540. The molecule has 4 heterocycles. The summed E-state index contributed by atoms with van der Waals surface area (Å²) < 4.78 is 15.7. The Hall–Kier alpha value is -8.09. The van der Waals surface area contributed by atoms with Crippen LogP contribution < -0.4 is 0 Å². The van der Waals surface area contributed by atoms with E-state index in [4.69, 9.17) is 23.8 Å². The summed E-state index contributed by atoms with van der Waals surface area (Å²) in [6.45, 7) is 0. The molecule has 0 atom stereocenters. The Morgan fingerprint density at radius 3 is 1.90 bits per heavy atom. The lowest BCUT2D eigenvalue weighted by Gasteiger charge is -2.13. The van der Waals surface area contributed by atoms with Crippen molar-refractivity contribution in [1.82, 2.24) is 19.5 Å². The number of aromatic nitrogens is 4. The van der Waals surface area contributed by atoms with Crippen LogP contribution in [0, 0.1) is 0 Å². The van der Waals surface area contributed by atoms with Gasteiger partial charge in [-0.05, 0) is 58.6 Å². The highest BCUT2D eigenvalue weighted by molar-refractivity contribution is 6.22. The Morgan fingerprint density at radius 2 is 1.03 bits per heavy atom. The molecule has 0 aliphatic carbocycles. The molecular weight excluding hydrogens is 725 g/mol. The van der Waals surface area contributed by atoms with Gasteiger partial charge in [0.05, 0.1) is 22.3 Å². The number of hydrogen-bond donors (Lipinski definition) is 0. The van der Waals surface area contributed by atoms with Crippen LogP contribution in [0.4, 0.5) is 0 Å². The van der Waals surface area contributed by atoms with Gasteiger partial charge in [0.25, 0.3) is 0 Å². The van der Waals surface area contributed by atoms with Crippen molar-refractivity contribution < 1.29 is 8.83 Å². The molecule has 0 unspecified atom stereocenters. The van der Waals surface area contributed by atoms with Gasteiger partial charge in [-0.2, -0.15) is 0 Å². The molecule has 0 aliphatic rings. The molecule has 59 heavy (non-hydrogen) atoms. The van der Waals surface area contributed by atoms with Crippen molar-refractivity contribution in [2.45, 2.75) is 0 Å². The lowest BCUT2D eigenvalue weighted by atomic mass is 10.0. The Kier molecular flexibility index (Phi) is 6.63. The Morgan fingerprint density at radius 1 is 0.356 bits per heavy atom. The van der Waals surface area contributed by atoms with Crippen LogP contribution in [0.2, 0.25) is 0 Å². The van der Waals surface area contributed by atoms with Gasteiger partial charge in [-0.1, -0.05) is 133 Å². The Balaban J connectivity index is 1.03. The number of furan rings is 2. The standard InChI is InChI=1S/C53H30N4O2/c1-2-13-31(14-3-1)51-54-52(56-53(55-51)41-22-12-21-39-37-19-9-11-24-46(37)59-50(39)41)34-25-26-40-47(29-34)58-48-30-45(35-17-6-7-20-38(35)49(40)48)57-43-23-10-8-18-36(43)42-27-32-15-4-5-16-33(32)28-44(42)57/h1-30H. The minimum absolute atomic E-state index is 0.540. The molecule has 0 saturated heterocycles. The largest absolute Gasteiger partial charge is 0.456 e. The van der Waals surface area contributed by atoms with Crippen molar-refractivity contribution in [2.75, 3.05) is 0 Å². The monoisotopic (exact) mass is 754 g/mol. The Bertz CT molecular complexity index is 3860. The summed E-state index contributed by atoms with van der Waals surface area (Å²) in [6.07, 6.45) is 0. The van der Waals surface area contributed by atoms with Gasteiger partial charge in [-0.25, -0.2) is 15.0 Å². The summed E-state index contributed by atoms with van der Waals surface area (Å²) >= 11 is 0. The zero-order chi connectivity index (χ0) is 38.6. The minimum Gasteiger partial charge on any atom is -0.456 e. The van der Waals surface area contributed by atoms with E-state index >= 15 is 0 Å². The van der Waals surface area contributed by atoms with Crippen LogP contribution in [0.15, 0.2) is 191 Å². The van der Waals surface area contributed by atoms with Crippen LogP contribution >= 0.6 is 0 Å². The van der Waals surface area contributed by atoms with E-state index < -0.39 is 0 Å². The molecule has 274 valence electrons. The van der Waals surface area contributed by atoms with E-state index in [2.05, 4.69) is 126 Å². The highest BCUT2D eigenvalue weighted by Gasteiger charge is 2.21. The van der Waals surface area contributed by atoms with E-state index in [1.54, 1.807) is 0 Å². The normalized spacial score (nSPS) is 12.1. The molecular formula is C53H30N4O2. The maximum Gasteiger partial charge on any atom is 0.167 e. The average molecular weight is 755 g/mol. The summed E-state index contributed by atoms with van der Waals surface area (Å²) in [4.78, 5) is 15.2. The van der Waals surface area contributed by atoms with E-state index in [0.717, 1.165) is 88.1 Å². The third-order valence-corrected chi connectivity index (χ3v) is 11.8. The van der Waals surface area contributed by atoms with Crippen molar-refractivity contribution in [3.8, 4) is 39.9 Å². The molecule has 6 nitrogen and oxygen atoms in total. The summed E-state index contributed by atoms with van der Waals surface area (Å²) in [5, 5.41) is 11.3. The molecule has 0 bridgehead atoms. The van der Waals surface area contributed by atoms with Crippen molar-refractivity contribution in [1.29, 1.82) is 0 Å². The van der Waals surface area contributed by atoms with Crippen LogP contribution in [0.25, 0.3) is 127 Å². The van der Waals surface area contributed by atoms with Gasteiger partial charge in [0.15, 0.2) is 17.5 Å². The number of nitrogens with zero attached hydrogens (tertiary/aromatic N) is 4. The first kappa shape index (κ1) is 32.0. The maximum absolute atomic E-state index is 6.88. The van der Waals surface area contributed by atoms with Gasteiger partial charge in [0, 0.05) is 54.9 Å². The molecule has 13 rings (SSSR count). The second-order valence-electron chi connectivity index (χ2n) is 15.1. The van der Waals surface area contributed by atoms with Gasteiger partial charge < -0.3 is 13.4 Å². The predicted octanol–water partition coefficient (Wildman–Crippen LogP) is 14.1. The lowest BCUT2D eigenvalue weighted by molar-refractivity contribution is 0.668. The summed E-state index contributed by atoms with van der Waals surface area (Å²) in [5.74, 6) is 1.67. The maximum atomic E-state index is 6.88. The molecule has 4 aromatic heterocycles. The van der Waals surface area contributed by atoms with Crippen LogP contribution in [0.5, 0.6) is 0 Å². The smallest absolute Gasteiger partial charge is 0.167 e. The highest BCUT2D eigenvalue weighted by atomic mass is 16.3. The van der Waals surface area contributed by atoms with Gasteiger partial charge in [-0.15, -0.1) is 0 Å². The summed E-state index contributed by atoms with van der Waals surface area (Å²) in [6, 6.07) is 63.3.